The highest BCUT2D eigenvalue weighted by atomic mass is 16.5. The van der Waals surface area contributed by atoms with Crippen LogP contribution in [0.25, 0.3) is 0 Å². The zero-order valence-corrected chi connectivity index (χ0v) is 9.48. The van der Waals surface area contributed by atoms with Gasteiger partial charge in [-0.1, -0.05) is 0 Å². The molecule has 0 aromatic heterocycles. The van der Waals surface area contributed by atoms with Gasteiger partial charge in [0.1, 0.15) is 0 Å². The maximum absolute atomic E-state index is 9.18. The number of nitrogens with zero attached hydrogens (tertiary/aromatic N) is 1. The van der Waals surface area contributed by atoms with Gasteiger partial charge in [0.15, 0.2) is 0 Å². The van der Waals surface area contributed by atoms with Crippen LogP contribution in [0.4, 0.5) is 0 Å². The molecule has 15 heavy (non-hydrogen) atoms. The Morgan fingerprint density at radius 3 is 3.07 bits per heavy atom. The number of hydrogen-bond acceptors (Lipinski definition) is 4. The molecule has 0 bridgehead atoms. The van der Waals surface area contributed by atoms with E-state index in [1.807, 2.05) is 6.92 Å². The number of aliphatic hydroxyl groups is 1. The Kier molecular flexibility index (Phi) is 3.30. The summed E-state index contributed by atoms with van der Waals surface area (Å²) in [5.41, 5.74) is 5.52. The van der Waals surface area contributed by atoms with Gasteiger partial charge in [-0.25, -0.2) is 0 Å². The third kappa shape index (κ3) is 2.50. The van der Waals surface area contributed by atoms with Crippen LogP contribution >= 0.6 is 0 Å². The number of hydrogen-bond donors (Lipinski definition) is 2. The van der Waals surface area contributed by atoms with Crippen LogP contribution in [0, 0.1) is 0 Å². The van der Waals surface area contributed by atoms with Crippen LogP contribution in [0.2, 0.25) is 0 Å². The lowest BCUT2D eigenvalue weighted by atomic mass is 10.0. The molecule has 1 heterocycles. The van der Waals surface area contributed by atoms with Crippen molar-refractivity contribution in [2.45, 2.75) is 43.9 Å². The Hall–Kier alpha value is -0.160. The summed E-state index contributed by atoms with van der Waals surface area (Å²) in [6.07, 6.45) is 4.06. The third-order valence-corrected chi connectivity index (χ3v) is 3.52. The van der Waals surface area contributed by atoms with Crippen molar-refractivity contribution < 1.29 is 9.84 Å². The van der Waals surface area contributed by atoms with E-state index in [4.69, 9.17) is 10.5 Å². The Bertz CT molecular complexity index is 221. The fraction of sp³-hybridized carbons (Fsp3) is 1.00. The minimum absolute atomic E-state index is 0.0434. The van der Waals surface area contributed by atoms with Gasteiger partial charge in [-0.15, -0.1) is 0 Å². The van der Waals surface area contributed by atoms with Crippen LogP contribution in [0.1, 0.15) is 26.2 Å². The number of nitrogens with two attached hydrogens (primary N) is 1. The summed E-state index contributed by atoms with van der Waals surface area (Å²) in [6.45, 7) is 4.48. The van der Waals surface area contributed by atoms with Crippen molar-refractivity contribution in [3.05, 3.63) is 0 Å². The summed E-state index contributed by atoms with van der Waals surface area (Å²) in [6, 6.07) is 0.535. The van der Waals surface area contributed by atoms with Gasteiger partial charge in [0.2, 0.25) is 0 Å². The fourth-order valence-electron chi connectivity index (χ4n) is 2.72. The van der Waals surface area contributed by atoms with Crippen molar-refractivity contribution in [3.8, 4) is 0 Å². The summed E-state index contributed by atoms with van der Waals surface area (Å²) < 4.78 is 5.74. The van der Waals surface area contributed by atoms with E-state index >= 15 is 0 Å². The standard InChI is InChI=1S/C11H22N2O2/c1-11(12,8-14)7-13-5-6-15-10-4-2-3-9(10)13/h9-10,14H,2-8,12H2,1H3. The molecule has 1 saturated carbocycles. The van der Waals surface area contributed by atoms with Crippen molar-refractivity contribution in [2.75, 3.05) is 26.3 Å². The Morgan fingerprint density at radius 1 is 1.53 bits per heavy atom. The molecule has 4 nitrogen and oxygen atoms in total. The van der Waals surface area contributed by atoms with Gasteiger partial charge < -0.3 is 15.6 Å². The molecule has 3 atom stereocenters. The maximum Gasteiger partial charge on any atom is 0.0730 e. The van der Waals surface area contributed by atoms with E-state index in [-0.39, 0.29) is 6.61 Å². The minimum atomic E-state index is -0.482. The molecule has 1 aliphatic carbocycles. The lowest BCUT2D eigenvalue weighted by molar-refractivity contribution is -0.0635. The number of morpholine rings is 1. The molecule has 0 aromatic carbocycles. The van der Waals surface area contributed by atoms with E-state index in [1.54, 1.807) is 0 Å². The molecule has 2 fully saturated rings. The first-order valence-corrected chi connectivity index (χ1v) is 5.88. The summed E-state index contributed by atoms with van der Waals surface area (Å²) in [7, 11) is 0. The average Bonchev–Trinajstić information content (AvgIpc) is 2.66. The van der Waals surface area contributed by atoms with E-state index in [0.717, 1.165) is 19.7 Å². The van der Waals surface area contributed by atoms with Crippen molar-refractivity contribution in [3.63, 3.8) is 0 Å². The monoisotopic (exact) mass is 214 g/mol. The Labute approximate surface area is 91.4 Å². The number of rotatable bonds is 3. The second-order valence-corrected chi connectivity index (χ2v) is 5.19. The van der Waals surface area contributed by atoms with E-state index in [0.29, 0.717) is 12.1 Å². The third-order valence-electron chi connectivity index (χ3n) is 3.52. The first kappa shape index (κ1) is 11.3. The number of ether oxygens (including phenoxy) is 1. The van der Waals surface area contributed by atoms with Gasteiger partial charge in [0.05, 0.1) is 19.3 Å². The first-order valence-electron chi connectivity index (χ1n) is 5.88. The lowest BCUT2D eigenvalue weighted by Crippen LogP contribution is -2.57. The molecule has 3 N–H and O–H groups in total. The van der Waals surface area contributed by atoms with Crippen LogP contribution in [0.3, 0.4) is 0 Å². The summed E-state index contributed by atoms with van der Waals surface area (Å²) in [5.74, 6) is 0. The minimum Gasteiger partial charge on any atom is -0.394 e. The van der Waals surface area contributed by atoms with Crippen molar-refractivity contribution in [1.82, 2.24) is 4.90 Å². The molecule has 2 rings (SSSR count). The highest BCUT2D eigenvalue weighted by Gasteiger charge is 2.37. The molecule has 4 heteroatoms. The largest absolute Gasteiger partial charge is 0.394 e. The molecule has 0 radical (unpaired) electrons. The molecular formula is C11H22N2O2. The molecular weight excluding hydrogens is 192 g/mol. The van der Waals surface area contributed by atoms with E-state index in [9.17, 15) is 5.11 Å². The highest BCUT2D eigenvalue weighted by Crippen LogP contribution is 2.30. The van der Waals surface area contributed by atoms with Gasteiger partial charge in [0, 0.05) is 24.7 Å². The van der Waals surface area contributed by atoms with Gasteiger partial charge in [0.25, 0.3) is 0 Å². The second-order valence-electron chi connectivity index (χ2n) is 5.19. The summed E-state index contributed by atoms with van der Waals surface area (Å²) >= 11 is 0. The molecule has 88 valence electrons. The van der Waals surface area contributed by atoms with Crippen molar-refractivity contribution in [1.29, 1.82) is 0 Å². The molecule has 3 unspecified atom stereocenters. The smallest absolute Gasteiger partial charge is 0.0730 e. The first-order chi connectivity index (χ1) is 7.12. The molecule has 1 aliphatic heterocycles. The lowest BCUT2D eigenvalue weighted by Gasteiger charge is -2.41. The van der Waals surface area contributed by atoms with Crippen molar-refractivity contribution >= 4 is 0 Å². The fourth-order valence-corrected chi connectivity index (χ4v) is 2.72. The topological polar surface area (TPSA) is 58.7 Å². The van der Waals surface area contributed by atoms with Crippen LogP contribution in [0.5, 0.6) is 0 Å². The predicted octanol–water partition coefficient (Wildman–Crippen LogP) is -0.0506. The molecule has 0 amide bonds. The molecule has 0 spiro atoms. The number of aliphatic hydroxyl groups excluding tert-OH is 1. The van der Waals surface area contributed by atoms with Gasteiger partial charge in [-0.3, -0.25) is 4.90 Å². The molecule has 1 saturated heterocycles. The average molecular weight is 214 g/mol. The zero-order valence-electron chi connectivity index (χ0n) is 9.48. The van der Waals surface area contributed by atoms with E-state index < -0.39 is 5.54 Å². The SMILES string of the molecule is CC(N)(CO)CN1CCOC2CCCC21. The van der Waals surface area contributed by atoms with Crippen LogP contribution < -0.4 is 5.73 Å². The quantitative estimate of drug-likeness (QED) is 0.691. The molecule has 0 aromatic rings. The van der Waals surface area contributed by atoms with Crippen LogP contribution in [-0.2, 0) is 4.74 Å². The summed E-state index contributed by atoms with van der Waals surface area (Å²) in [5, 5.41) is 9.18. The van der Waals surface area contributed by atoms with Gasteiger partial charge in [-0.2, -0.15) is 0 Å². The highest BCUT2D eigenvalue weighted by molar-refractivity contribution is 4.93. The normalized spacial score (nSPS) is 36.2. The Morgan fingerprint density at radius 2 is 2.33 bits per heavy atom. The second kappa shape index (κ2) is 4.37. The number of fused-ring (bicyclic) bond motifs is 1. The zero-order chi connectivity index (χ0) is 10.9. The van der Waals surface area contributed by atoms with Crippen molar-refractivity contribution in [2.24, 2.45) is 5.73 Å². The van der Waals surface area contributed by atoms with Crippen LogP contribution in [-0.4, -0.2) is 54.0 Å². The summed E-state index contributed by atoms with van der Waals surface area (Å²) in [4.78, 5) is 2.40. The maximum atomic E-state index is 9.18. The van der Waals surface area contributed by atoms with E-state index in [2.05, 4.69) is 4.90 Å². The Balaban J connectivity index is 1.96. The van der Waals surface area contributed by atoms with E-state index in [1.165, 1.54) is 19.3 Å². The predicted molar refractivity (Wildman–Crippen MR) is 58.6 cm³/mol. The van der Waals surface area contributed by atoms with Gasteiger partial charge in [-0.05, 0) is 26.2 Å². The van der Waals surface area contributed by atoms with Crippen LogP contribution in [0.15, 0.2) is 0 Å². The van der Waals surface area contributed by atoms with Gasteiger partial charge >= 0.3 is 0 Å². The molecule has 2 aliphatic rings.